The lowest BCUT2D eigenvalue weighted by molar-refractivity contribution is -0.115. The molecule has 1 heterocycles. The van der Waals surface area contributed by atoms with Gasteiger partial charge in [0, 0.05) is 6.08 Å². The van der Waals surface area contributed by atoms with Crippen LogP contribution in [-0.2, 0) is 4.79 Å². The summed E-state index contributed by atoms with van der Waals surface area (Å²) in [4.78, 5) is 21.0. The van der Waals surface area contributed by atoms with Gasteiger partial charge in [-0.1, -0.05) is 0 Å². The quantitative estimate of drug-likeness (QED) is 0.649. The highest BCUT2D eigenvalue weighted by Crippen LogP contribution is 2.01. The van der Waals surface area contributed by atoms with E-state index in [2.05, 4.69) is 0 Å². The Morgan fingerprint density at radius 1 is 1.54 bits per heavy atom. The van der Waals surface area contributed by atoms with Gasteiger partial charge in [0.2, 0.25) is 0 Å². The van der Waals surface area contributed by atoms with Gasteiger partial charge in [-0.25, -0.2) is 4.79 Å². The predicted octanol–water partition coefficient (Wildman–Crippen LogP) is 0.488. The predicted molar refractivity (Wildman–Crippen MR) is 45.5 cm³/mol. The Morgan fingerprint density at radius 2 is 2.31 bits per heavy atom. The van der Waals surface area contributed by atoms with Crippen molar-refractivity contribution in [2.45, 2.75) is 0 Å². The minimum Gasteiger partial charge on any atom is -0.465 e. The molecule has 0 aliphatic heterocycles. The Balaban J connectivity index is 2.49. The van der Waals surface area contributed by atoms with Crippen molar-refractivity contribution < 1.29 is 14.0 Å². The fraction of sp³-hybridized carbons (Fsp3) is 0. The molecule has 0 aliphatic rings. The van der Waals surface area contributed by atoms with E-state index in [1.807, 2.05) is 5.32 Å². The first-order valence-electron chi connectivity index (χ1n) is 3.50. The van der Waals surface area contributed by atoms with Crippen LogP contribution in [0.4, 0.5) is 4.79 Å². The van der Waals surface area contributed by atoms with Crippen molar-refractivity contribution in [3.63, 3.8) is 0 Å². The number of imide groups is 1. The van der Waals surface area contributed by atoms with Gasteiger partial charge >= 0.3 is 6.03 Å². The zero-order chi connectivity index (χ0) is 9.68. The summed E-state index contributed by atoms with van der Waals surface area (Å²) in [5.41, 5.74) is 4.71. The Kier molecular flexibility index (Phi) is 2.86. The number of amides is 3. The minimum absolute atomic E-state index is 0.527. The van der Waals surface area contributed by atoms with E-state index in [1.54, 1.807) is 12.1 Å². The number of hydrogen-bond donors (Lipinski definition) is 2. The maximum atomic E-state index is 10.8. The van der Waals surface area contributed by atoms with Crippen LogP contribution in [0.2, 0.25) is 0 Å². The Morgan fingerprint density at radius 3 is 2.85 bits per heavy atom. The molecule has 0 fully saturated rings. The number of nitrogens with two attached hydrogens (primary N) is 1. The second-order valence-corrected chi connectivity index (χ2v) is 2.20. The van der Waals surface area contributed by atoms with Crippen LogP contribution >= 0.6 is 0 Å². The van der Waals surface area contributed by atoms with Crippen LogP contribution in [0.1, 0.15) is 5.76 Å². The van der Waals surface area contributed by atoms with Crippen molar-refractivity contribution in [3.8, 4) is 0 Å². The number of primary amides is 1. The molecule has 3 N–H and O–H groups in total. The number of furan rings is 1. The molecule has 0 saturated heterocycles. The summed E-state index contributed by atoms with van der Waals surface area (Å²) >= 11 is 0. The molecular weight excluding hydrogens is 172 g/mol. The Labute approximate surface area is 74.2 Å². The second kappa shape index (κ2) is 4.10. The van der Waals surface area contributed by atoms with Gasteiger partial charge in [0.25, 0.3) is 5.91 Å². The van der Waals surface area contributed by atoms with E-state index in [9.17, 15) is 9.59 Å². The van der Waals surface area contributed by atoms with Crippen LogP contribution in [0.25, 0.3) is 6.08 Å². The van der Waals surface area contributed by atoms with Gasteiger partial charge < -0.3 is 10.2 Å². The van der Waals surface area contributed by atoms with Crippen molar-refractivity contribution in [3.05, 3.63) is 30.2 Å². The third-order valence-corrected chi connectivity index (χ3v) is 1.19. The first-order valence-corrected chi connectivity index (χ1v) is 3.50. The first kappa shape index (κ1) is 9.05. The third kappa shape index (κ3) is 3.24. The van der Waals surface area contributed by atoms with E-state index in [4.69, 9.17) is 10.2 Å². The summed E-state index contributed by atoms with van der Waals surface area (Å²) < 4.78 is 4.91. The lowest BCUT2D eigenvalue weighted by atomic mass is 10.4. The molecule has 1 rings (SSSR count). The Bertz CT molecular complexity index is 327. The molecule has 0 spiro atoms. The molecule has 0 radical (unpaired) electrons. The molecule has 0 unspecified atom stereocenters. The molecule has 5 nitrogen and oxygen atoms in total. The highest BCUT2D eigenvalue weighted by atomic mass is 16.3. The lowest BCUT2D eigenvalue weighted by Gasteiger charge is -1.91. The molecule has 5 heteroatoms. The van der Waals surface area contributed by atoms with E-state index >= 15 is 0 Å². The largest absolute Gasteiger partial charge is 0.465 e. The number of hydrogen-bond acceptors (Lipinski definition) is 3. The van der Waals surface area contributed by atoms with E-state index in [-0.39, 0.29) is 0 Å². The molecule has 0 saturated carbocycles. The summed E-state index contributed by atoms with van der Waals surface area (Å²) in [6, 6.07) is 2.48. The average Bonchev–Trinajstić information content (AvgIpc) is 2.51. The van der Waals surface area contributed by atoms with Gasteiger partial charge in [-0.15, -0.1) is 0 Å². The van der Waals surface area contributed by atoms with E-state index in [1.165, 1.54) is 12.3 Å². The van der Waals surface area contributed by atoms with Gasteiger partial charge in [-0.05, 0) is 18.2 Å². The van der Waals surface area contributed by atoms with Gasteiger partial charge in [0.15, 0.2) is 0 Å². The van der Waals surface area contributed by atoms with Crippen molar-refractivity contribution in [1.82, 2.24) is 5.32 Å². The number of nitrogens with one attached hydrogen (secondary N) is 1. The maximum Gasteiger partial charge on any atom is 0.319 e. The molecule has 0 aromatic carbocycles. The van der Waals surface area contributed by atoms with E-state index in [0.29, 0.717) is 5.76 Å². The first-order chi connectivity index (χ1) is 6.18. The highest BCUT2D eigenvalue weighted by molar-refractivity contribution is 6.01. The number of urea groups is 1. The molecule has 0 bridgehead atoms. The molecule has 68 valence electrons. The number of carbonyl (C=O) groups is 2. The van der Waals surface area contributed by atoms with Gasteiger partial charge in [-0.2, -0.15) is 0 Å². The van der Waals surface area contributed by atoms with Crippen LogP contribution in [0.15, 0.2) is 28.9 Å². The third-order valence-electron chi connectivity index (χ3n) is 1.19. The summed E-state index contributed by atoms with van der Waals surface area (Å²) in [5, 5.41) is 1.88. The second-order valence-electron chi connectivity index (χ2n) is 2.20. The van der Waals surface area contributed by atoms with Crippen LogP contribution in [0.5, 0.6) is 0 Å². The molecule has 1 aromatic heterocycles. The zero-order valence-corrected chi connectivity index (χ0v) is 6.69. The van der Waals surface area contributed by atoms with Crippen LogP contribution < -0.4 is 11.1 Å². The van der Waals surface area contributed by atoms with E-state index in [0.717, 1.165) is 6.08 Å². The fourth-order valence-corrected chi connectivity index (χ4v) is 0.707. The monoisotopic (exact) mass is 180 g/mol. The Hall–Kier alpha value is -2.04. The maximum absolute atomic E-state index is 10.8. The SMILES string of the molecule is NC(=O)NC(=O)/C=C/c1ccco1. The highest BCUT2D eigenvalue weighted by Gasteiger charge is 1.98. The van der Waals surface area contributed by atoms with Crippen molar-refractivity contribution in [2.75, 3.05) is 0 Å². The van der Waals surface area contributed by atoms with Gasteiger partial charge in [0.05, 0.1) is 6.26 Å². The normalized spacial score (nSPS) is 10.2. The molecule has 1 aromatic rings. The standard InChI is InChI=1S/C8H8N2O3/c9-8(12)10-7(11)4-3-6-2-1-5-13-6/h1-5H,(H3,9,10,11,12)/b4-3+. The molecular formula is C8H8N2O3. The summed E-state index contributed by atoms with van der Waals surface area (Å²) in [6.07, 6.45) is 4.06. The molecule has 0 atom stereocenters. The van der Waals surface area contributed by atoms with Crippen LogP contribution in [0.3, 0.4) is 0 Å². The van der Waals surface area contributed by atoms with Crippen LogP contribution in [-0.4, -0.2) is 11.9 Å². The van der Waals surface area contributed by atoms with Crippen molar-refractivity contribution in [2.24, 2.45) is 5.73 Å². The fourth-order valence-electron chi connectivity index (χ4n) is 0.707. The molecule has 0 aliphatic carbocycles. The number of carbonyl (C=O) groups excluding carboxylic acids is 2. The molecule has 3 amide bonds. The lowest BCUT2D eigenvalue weighted by Crippen LogP contribution is -2.33. The van der Waals surface area contributed by atoms with Crippen molar-refractivity contribution >= 4 is 18.0 Å². The summed E-state index contributed by atoms with van der Waals surface area (Å²) in [5.74, 6) is -0.0523. The van der Waals surface area contributed by atoms with E-state index < -0.39 is 11.9 Å². The van der Waals surface area contributed by atoms with Gasteiger partial charge in [0.1, 0.15) is 5.76 Å². The van der Waals surface area contributed by atoms with Crippen LogP contribution in [0, 0.1) is 0 Å². The zero-order valence-electron chi connectivity index (χ0n) is 6.69. The average molecular weight is 180 g/mol. The minimum atomic E-state index is -0.880. The molecule has 13 heavy (non-hydrogen) atoms. The smallest absolute Gasteiger partial charge is 0.319 e. The summed E-state index contributed by atoms with van der Waals surface area (Å²) in [7, 11) is 0. The summed E-state index contributed by atoms with van der Waals surface area (Å²) in [6.45, 7) is 0. The van der Waals surface area contributed by atoms with Crippen molar-refractivity contribution in [1.29, 1.82) is 0 Å². The topological polar surface area (TPSA) is 85.3 Å². The number of rotatable bonds is 2. The van der Waals surface area contributed by atoms with Gasteiger partial charge in [-0.3, -0.25) is 10.1 Å².